The molecule has 1 aromatic heterocycles. The number of hydrogen-bond donors (Lipinski definition) is 0. The first-order valence-corrected chi connectivity index (χ1v) is 3.86. The van der Waals surface area contributed by atoms with Crippen molar-refractivity contribution in [3.63, 3.8) is 0 Å². The minimum absolute atomic E-state index is 0.298. The fraction of sp³-hybridized carbons (Fsp3) is 0. The Kier molecular flexibility index (Phi) is 1.75. The molecule has 1 rings (SSSR count). The zero-order valence-corrected chi connectivity index (χ0v) is 5.70. The first-order chi connectivity index (χ1) is 3.93. The molecule has 0 unspecified atom stereocenters. The molecule has 0 saturated heterocycles. The summed E-state index contributed by atoms with van der Waals surface area (Å²) >= 11 is 0.298. The third-order valence-electron chi connectivity index (χ3n) is 0.649. The van der Waals surface area contributed by atoms with Gasteiger partial charge in [0.25, 0.3) is 0 Å². The van der Waals surface area contributed by atoms with E-state index in [0.717, 1.165) is 4.56 Å². The third kappa shape index (κ3) is 1.14. The van der Waals surface area contributed by atoms with Crippen molar-refractivity contribution in [1.29, 1.82) is 0 Å². The van der Waals surface area contributed by atoms with Crippen LogP contribution >= 0.6 is 0 Å². The quantitative estimate of drug-likeness (QED) is 0.268. The molecule has 0 saturated carbocycles. The average Bonchev–Trinajstić information content (AvgIpc) is 2.19. The second-order valence-corrected chi connectivity index (χ2v) is 3.08. The van der Waals surface area contributed by atoms with Crippen molar-refractivity contribution < 1.29 is 0 Å². The van der Waals surface area contributed by atoms with Gasteiger partial charge in [-0.2, -0.15) is 0 Å². The second-order valence-electron chi connectivity index (χ2n) is 1.14. The SMILES string of the molecule is [N-]=[N+]=Nc1ccc[se]1. The van der Waals surface area contributed by atoms with Crippen molar-refractivity contribution in [3.05, 3.63) is 27.5 Å². The molecule has 0 amide bonds. The van der Waals surface area contributed by atoms with Gasteiger partial charge in [0.2, 0.25) is 0 Å². The summed E-state index contributed by atoms with van der Waals surface area (Å²) in [5, 5.41) is 3.43. The van der Waals surface area contributed by atoms with Crippen LogP contribution in [0.2, 0.25) is 0 Å². The first-order valence-electron chi connectivity index (χ1n) is 2.02. The molecule has 4 heteroatoms. The van der Waals surface area contributed by atoms with Crippen molar-refractivity contribution in [2.75, 3.05) is 0 Å². The van der Waals surface area contributed by atoms with E-state index in [1.54, 1.807) is 0 Å². The Balaban J connectivity index is 2.93. The molecule has 0 N–H and O–H groups in total. The molecule has 0 spiro atoms. The molecule has 0 aromatic carbocycles. The monoisotopic (exact) mass is 173 g/mol. The van der Waals surface area contributed by atoms with E-state index in [0.29, 0.717) is 14.5 Å². The summed E-state index contributed by atoms with van der Waals surface area (Å²) in [6, 6.07) is 3.74. The summed E-state index contributed by atoms with van der Waals surface area (Å²) in [6.07, 6.45) is 0. The van der Waals surface area contributed by atoms with E-state index in [-0.39, 0.29) is 0 Å². The topological polar surface area (TPSA) is 48.8 Å². The molecule has 0 aliphatic heterocycles. The van der Waals surface area contributed by atoms with Gasteiger partial charge in [-0.25, -0.2) is 0 Å². The molecule has 8 heavy (non-hydrogen) atoms. The van der Waals surface area contributed by atoms with E-state index < -0.39 is 0 Å². The molecule has 1 heterocycles. The van der Waals surface area contributed by atoms with E-state index in [1.807, 2.05) is 17.1 Å². The summed E-state index contributed by atoms with van der Waals surface area (Å²) in [5.74, 6) is 0. The van der Waals surface area contributed by atoms with Crippen LogP contribution in [-0.4, -0.2) is 14.5 Å². The van der Waals surface area contributed by atoms with Crippen LogP contribution in [0, 0.1) is 0 Å². The van der Waals surface area contributed by atoms with Crippen LogP contribution in [-0.2, 0) is 0 Å². The van der Waals surface area contributed by atoms with Crippen LogP contribution < -0.4 is 0 Å². The fourth-order valence-corrected chi connectivity index (χ4v) is 1.50. The van der Waals surface area contributed by atoms with Crippen molar-refractivity contribution in [3.8, 4) is 0 Å². The van der Waals surface area contributed by atoms with Gasteiger partial charge in [-0.15, -0.1) is 0 Å². The normalized spacial score (nSPS) is 8.00. The Morgan fingerprint density at radius 3 is 3.12 bits per heavy atom. The van der Waals surface area contributed by atoms with E-state index >= 15 is 0 Å². The van der Waals surface area contributed by atoms with Gasteiger partial charge in [-0.3, -0.25) is 0 Å². The zero-order chi connectivity index (χ0) is 5.82. The molecular formula is C4H3N3Se. The van der Waals surface area contributed by atoms with Gasteiger partial charge < -0.3 is 0 Å². The minimum atomic E-state index is 0.298. The summed E-state index contributed by atoms with van der Waals surface area (Å²) < 4.78 is 0.861. The van der Waals surface area contributed by atoms with Gasteiger partial charge in [0.15, 0.2) is 0 Å². The Bertz CT molecular complexity index is 197. The third-order valence-corrected chi connectivity index (χ3v) is 2.23. The summed E-state index contributed by atoms with van der Waals surface area (Å²) in [7, 11) is 0. The van der Waals surface area contributed by atoms with Crippen molar-refractivity contribution in [2.24, 2.45) is 5.11 Å². The second kappa shape index (κ2) is 2.58. The predicted molar refractivity (Wildman–Crippen MR) is 32.2 cm³/mol. The van der Waals surface area contributed by atoms with Gasteiger partial charge in [-0.1, -0.05) is 0 Å². The van der Waals surface area contributed by atoms with Gasteiger partial charge in [-0.05, 0) is 0 Å². The molecule has 0 atom stereocenters. The summed E-state index contributed by atoms with van der Waals surface area (Å²) in [6.45, 7) is 0. The van der Waals surface area contributed by atoms with Gasteiger partial charge in [0.1, 0.15) is 0 Å². The molecule has 0 aliphatic carbocycles. The standard InChI is InChI=1S/C4H3N3Se/c5-7-6-4-2-1-3-8-4/h1-3H. The Morgan fingerprint density at radius 2 is 2.62 bits per heavy atom. The molecule has 3 nitrogen and oxygen atoms in total. The number of nitrogens with zero attached hydrogens (tertiary/aromatic N) is 3. The number of hydrogen-bond acceptors (Lipinski definition) is 1. The molecule has 0 fully saturated rings. The zero-order valence-electron chi connectivity index (χ0n) is 3.98. The molecule has 40 valence electrons. The van der Waals surface area contributed by atoms with E-state index in [1.165, 1.54) is 0 Å². The van der Waals surface area contributed by atoms with E-state index in [9.17, 15) is 0 Å². The Labute approximate surface area is 52.3 Å². The maximum atomic E-state index is 7.93. The van der Waals surface area contributed by atoms with Crippen LogP contribution in [0.3, 0.4) is 0 Å². The predicted octanol–water partition coefficient (Wildman–Crippen LogP) is 1.69. The number of rotatable bonds is 1. The van der Waals surface area contributed by atoms with Crippen LogP contribution in [0.25, 0.3) is 10.4 Å². The van der Waals surface area contributed by atoms with Crippen LogP contribution in [0.4, 0.5) is 4.56 Å². The average molecular weight is 172 g/mol. The summed E-state index contributed by atoms with van der Waals surface area (Å²) in [4.78, 5) is 4.66. The van der Waals surface area contributed by atoms with Gasteiger partial charge in [0.05, 0.1) is 0 Å². The molecule has 0 aliphatic rings. The van der Waals surface area contributed by atoms with Crippen LogP contribution in [0.15, 0.2) is 22.2 Å². The molecule has 0 radical (unpaired) electrons. The maximum absolute atomic E-state index is 7.93. The van der Waals surface area contributed by atoms with Crippen LogP contribution in [0.1, 0.15) is 0 Å². The molecule has 0 bridgehead atoms. The van der Waals surface area contributed by atoms with Crippen molar-refractivity contribution >= 4 is 19.1 Å². The van der Waals surface area contributed by atoms with Crippen molar-refractivity contribution in [1.82, 2.24) is 0 Å². The Hall–Kier alpha value is -0.691. The Morgan fingerprint density at radius 1 is 1.75 bits per heavy atom. The van der Waals surface area contributed by atoms with Gasteiger partial charge in [0, 0.05) is 0 Å². The molecule has 1 aromatic rings. The first kappa shape index (κ1) is 5.45. The van der Waals surface area contributed by atoms with Gasteiger partial charge >= 0.3 is 51.7 Å². The van der Waals surface area contributed by atoms with E-state index in [4.69, 9.17) is 5.53 Å². The summed E-state index contributed by atoms with van der Waals surface area (Å²) in [5.41, 5.74) is 7.93. The van der Waals surface area contributed by atoms with Crippen molar-refractivity contribution in [2.45, 2.75) is 0 Å². The van der Waals surface area contributed by atoms with Crippen LogP contribution in [0.5, 0.6) is 0 Å². The van der Waals surface area contributed by atoms with E-state index in [2.05, 4.69) is 10.0 Å². The molecular weight excluding hydrogens is 169 g/mol. The fourth-order valence-electron chi connectivity index (χ4n) is 0.371. The number of azide groups is 1.